The summed E-state index contributed by atoms with van der Waals surface area (Å²) >= 11 is 6.51. The molecule has 0 aliphatic heterocycles. The number of rotatable bonds is 9. The van der Waals surface area contributed by atoms with Gasteiger partial charge in [0.25, 0.3) is 0 Å². The third-order valence-corrected chi connectivity index (χ3v) is 17.9. The zero-order valence-corrected chi connectivity index (χ0v) is 29.3. The summed E-state index contributed by atoms with van der Waals surface area (Å²) in [4.78, 5) is 3.52. The van der Waals surface area contributed by atoms with Crippen LogP contribution in [0.3, 0.4) is 0 Å². The predicted octanol–water partition coefficient (Wildman–Crippen LogP) is 10.2. The summed E-state index contributed by atoms with van der Waals surface area (Å²) in [5.41, 5.74) is 2.76. The van der Waals surface area contributed by atoms with Gasteiger partial charge in [-0.05, 0) is 79.9 Å². The monoisotopic (exact) mass is 612 g/mol. The second-order valence-electron chi connectivity index (χ2n) is 13.7. The van der Waals surface area contributed by atoms with Crippen molar-refractivity contribution in [1.82, 2.24) is 10.2 Å². The lowest BCUT2D eigenvalue weighted by Gasteiger charge is -2.40. The maximum Gasteiger partial charge on any atom is 0.250 e. The molecule has 222 valence electrons. The molecule has 3 aromatic rings. The van der Waals surface area contributed by atoms with Crippen LogP contribution in [0.2, 0.25) is 41.3 Å². The Kier molecular flexibility index (Phi) is 9.55. The zero-order valence-electron chi connectivity index (χ0n) is 26.6. The molecule has 2 atom stereocenters. The van der Waals surface area contributed by atoms with Crippen LogP contribution in [0.15, 0.2) is 40.8 Å². The van der Waals surface area contributed by atoms with E-state index in [0.29, 0.717) is 22.5 Å². The molecule has 0 bridgehead atoms. The number of benzene rings is 2. The lowest BCUT2D eigenvalue weighted by atomic mass is 10.1. The third-order valence-electron chi connectivity index (χ3n) is 8.52. The van der Waals surface area contributed by atoms with Crippen LogP contribution in [0, 0.1) is 13.5 Å². The van der Waals surface area contributed by atoms with Gasteiger partial charge in [0, 0.05) is 11.3 Å². The fourth-order valence-electron chi connectivity index (χ4n) is 3.79. The van der Waals surface area contributed by atoms with E-state index >= 15 is 0 Å². The normalized spacial score (nSPS) is 14.3. The summed E-state index contributed by atoms with van der Waals surface area (Å²) in [7, 11) is -4.15. The Hall–Kier alpha value is -2.65. The van der Waals surface area contributed by atoms with E-state index in [0.717, 1.165) is 22.6 Å². The van der Waals surface area contributed by atoms with Crippen molar-refractivity contribution < 1.29 is 13.3 Å². The zero-order chi connectivity index (χ0) is 31.0. The number of nitrogens with zero attached hydrogens (tertiary/aromatic N) is 3. The molecule has 1 heterocycles. The molecule has 1 aromatic heterocycles. The van der Waals surface area contributed by atoms with Crippen molar-refractivity contribution >= 4 is 39.6 Å². The standard InChI is InChI=1S/C31H45ClN4O3Si2/c1-20-24(17-18-25(33-9)26(20)32)34-27(21(2)38-40(10,11)30(3,4)5)29-36-35-28(37-29)22-15-14-16-23(19-22)39-41(12,13)31(6,7)8/h14-19,21,27,34H,1-8,10-13H3/t21-,27+/m0/s1. The molecule has 0 fully saturated rings. The molecule has 0 spiro atoms. The molecule has 3 rings (SSSR count). The Labute approximate surface area is 253 Å². The van der Waals surface area contributed by atoms with Crippen LogP contribution >= 0.6 is 11.6 Å². The molecule has 10 heteroatoms. The first kappa shape index (κ1) is 32.9. The predicted molar refractivity (Wildman–Crippen MR) is 174 cm³/mol. The Morgan fingerprint density at radius 3 is 2.20 bits per heavy atom. The molecule has 0 saturated heterocycles. The highest BCUT2D eigenvalue weighted by molar-refractivity contribution is 6.75. The van der Waals surface area contributed by atoms with Gasteiger partial charge in [0.2, 0.25) is 25.8 Å². The molecular formula is C31H45ClN4O3Si2. The van der Waals surface area contributed by atoms with Gasteiger partial charge in [0.15, 0.2) is 8.32 Å². The van der Waals surface area contributed by atoms with Gasteiger partial charge in [0.1, 0.15) is 11.8 Å². The van der Waals surface area contributed by atoms with Gasteiger partial charge in [0.05, 0.1) is 17.7 Å². The Balaban J connectivity index is 2.00. The smallest absolute Gasteiger partial charge is 0.250 e. The fourth-order valence-corrected chi connectivity index (χ4v) is 6.44. The van der Waals surface area contributed by atoms with E-state index in [-0.39, 0.29) is 16.2 Å². The van der Waals surface area contributed by atoms with Crippen molar-refractivity contribution in [2.75, 3.05) is 5.32 Å². The summed E-state index contributed by atoms with van der Waals surface area (Å²) in [6, 6.07) is 11.0. The van der Waals surface area contributed by atoms with Crippen molar-refractivity contribution in [3.05, 3.63) is 64.3 Å². The van der Waals surface area contributed by atoms with Crippen LogP contribution in [-0.2, 0) is 4.43 Å². The van der Waals surface area contributed by atoms with Crippen molar-refractivity contribution in [1.29, 1.82) is 0 Å². The minimum Gasteiger partial charge on any atom is -0.543 e. The second kappa shape index (κ2) is 11.9. The quantitative estimate of drug-likeness (QED) is 0.191. The average Bonchev–Trinajstić information content (AvgIpc) is 3.33. The lowest BCUT2D eigenvalue weighted by molar-refractivity contribution is 0.166. The summed E-state index contributed by atoms with van der Waals surface area (Å²) in [5.74, 6) is 1.61. The highest BCUT2D eigenvalue weighted by Gasteiger charge is 2.41. The number of aromatic nitrogens is 2. The number of hydrogen-bond donors (Lipinski definition) is 1. The SMILES string of the molecule is [C-]#[N+]c1ccc(N[C@@H](c2nnc(-c3cccc(O[Si](C)(C)C(C)(C)C)c3)o2)[C@H](C)O[Si](C)(C)C(C)(C)C)c(C)c1Cl. The Morgan fingerprint density at radius 1 is 0.976 bits per heavy atom. The number of nitrogens with one attached hydrogen (secondary N) is 1. The highest BCUT2D eigenvalue weighted by Crippen LogP contribution is 2.41. The lowest BCUT2D eigenvalue weighted by Crippen LogP contribution is -2.45. The van der Waals surface area contributed by atoms with Crippen LogP contribution < -0.4 is 9.74 Å². The minimum absolute atomic E-state index is 0.0207. The minimum atomic E-state index is -2.13. The van der Waals surface area contributed by atoms with Crippen molar-refractivity contribution in [3.63, 3.8) is 0 Å². The van der Waals surface area contributed by atoms with Crippen LogP contribution in [0.25, 0.3) is 16.3 Å². The molecule has 0 unspecified atom stereocenters. The van der Waals surface area contributed by atoms with Crippen molar-refractivity contribution in [2.24, 2.45) is 0 Å². The molecule has 7 nitrogen and oxygen atoms in total. The van der Waals surface area contributed by atoms with Crippen molar-refractivity contribution in [2.45, 2.75) is 104 Å². The summed E-state index contributed by atoms with van der Waals surface area (Å²) in [5, 5.41) is 13.0. The van der Waals surface area contributed by atoms with Crippen LogP contribution in [0.4, 0.5) is 11.4 Å². The van der Waals surface area contributed by atoms with E-state index in [9.17, 15) is 0 Å². The number of halogens is 1. The van der Waals surface area contributed by atoms with E-state index in [4.69, 9.17) is 31.4 Å². The summed E-state index contributed by atoms with van der Waals surface area (Å²) < 4.78 is 19.6. The molecule has 2 aromatic carbocycles. The fraction of sp³-hybridized carbons (Fsp3) is 0.516. The first-order valence-electron chi connectivity index (χ1n) is 14.0. The van der Waals surface area contributed by atoms with Crippen molar-refractivity contribution in [3.8, 4) is 17.2 Å². The molecule has 0 saturated carbocycles. The molecule has 0 radical (unpaired) electrons. The number of anilines is 1. The molecular weight excluding hydrogens is 568 g/mol. The van der Waals surface area contributed by atoms with E-state index in [1.807, 2.05) is 44.2 Å². The topological polar surface area (TPSA) is 73.8 Å². The third kappa shape index (κ3) is 7.41. The van der Waals surface area contributed by atoms with E-state index < -0.39 is 22.7 Å². The number of hydrogen-bond acceptors (Lipinski definition) is 6. The van der Waals surface area contributed by atoms with Gasteiger partial charge in [-0.15, -0.1) is 10.2 Å². The first-order valence-corrected chi connectivity index (χ1v) is 20.2. The molecule has 0 aliphatic carbocycles. The molecule has 1 N–H and O–H groups in total. The maximum absolute atomic E-state index is 7.40. The van der Waals surface area contributed by atoms with Crippen LogP contribution in [0.5, 0.6) is 5.75 Å². The largest absolute Gasteiger partial charge is 0.543 e. The Bertz CT molecular complexity index is 1420. The first-order chi connectivity index (χ1) is 18.8. The van der Waals surface area contributed by atoms with E-state index in [1.165, 1.54) is 0 Å². The molecule has 0 amide bonds. The maximum atomic E-state index is 7.40. The molecule has 41 heavy (non-hydrogen) atoms. The second-order valence-corrected chi connectivity index (χ2v) is 23.6. The highest BCUT2D eigenvalue weighted by atomic mass is 35.5. The van der Waals surface area contributed by atoms with Crippen LogP contribution in [-0.4, -0.2) is 32.9 Å². The summed E-state index contributed by atoms with van der Waals surface area (Å²) in [6.07, 6.45) is -0.295. The van der Waals surface area contributed by atoms with E-state index in [2.05, 4.69) is 88.1 Å². The van der Waals surface area contributed by atoms with Gasteiger partial charge in [-0.2, -0.15) is 0 Å². The van der Waals surface area contributed by atoms with Gasteiger partial charge < -0.3 is 18.6 Å². The van der Waals surface area contributed by atoms with Crippen LogP contribution in [0.1, 0.15) is 66.0 Å². The van der Waals surface area contributed by atoms with Gasteiger partial charge in [-0.3, -0.25) is 0 Å². The average molecular weight is 613 g/mol. The van der Waals surface area contributed by atoms with Gasteiger partial charge in [-0.25, -0.2) is 4.85 Å². The molecule has 0 aliphatic rings. The van der Waals surface area contributed by atoms with E-state index in [1.54, 1.807) is 6.07 Å². The summed E-state index contributed by atoms with van der Waals surface area (Å²) in [6.45, 7) is 33.5. The van der Waals surface area contributed by atoms with Gasteiger partial charge in [-0.1, -0.05) is 65.3 Å². The Morgan fingerprint density at radius 2 is 1.61 bits per heavy atom. The van der Waals surface area contributed by atoms with Gasteiger partial charge >= 0.3 is 0 Å².